The summed E-state index contributed by atoms with van der Waals surface area (Å²) < 4.78 is 5.13. The molecule has 7 heteroatoms. The molecule has 2 atom stereocenters. The summed E-state index contributed by atoms with van der Waals surface area (Å²) in [6.45, 7) is 2.17. The summed E-state index contributed by atoms with van der Waals surface area (Å²) in [5.74, 6) is 0.533. The molecule has 0 fully saturated rings. The summed E-state index contributed by atoms with van der Waals surface area (Å²) in [5.41, 5.74) is 1.93. The zero-order valence-electron chi connectivity index (χ0n) is 13.0. The van der Waals surface area contributed by atoms with Crippen molar-refractivity contribution in [1.29, 1.82) is 0 Å². The van der Waals surface area contributed by atoms with Crippen molar-refractivity contribution in [2.24, 2.45) is 0 Å². The number of benzene rings is 1. The highest BCUT2D eigenvalue weighted by molar-refractivity contribution is 6.01. The molecule has 2 aliphatic rings. The molecule has 3 amide bonds. The normalized spacial score (nSPS) is 21.7. The lowest BCUT2D eigenvalue weighted by Crippen LogP contribution is -2.44. The van der Waals surface area contributed by atoms with Crippen molar-refractivity contribution in [3.05, 3.63) is 41.1 Å². The number of nitrogens with zero attached hydrogens (tertiary/aromatic N) is 1. The number of urea groups is 1. The van der Waals surface area contributed by atoms with E-state index in [9.17, 15) is 14.7 Å². The number of amides is 3. The highest BCUT2D eigenvalue weighted by Gasteiger charge is 2.40. The van der Waals surface area contributed by atoms with E-state index in [0.29, 0.717) is 23.6 Å². The Balaban J connectivity index is 1.92. The number of β-amino-alcohol motifs (C(OH)–C–C–N with tert-alkyl or cyclic N) is 1. The number of methoxy groups -OCH3 is 1. The fraction of sp³-hybridized carbons (Fsp3) is 0.375. The van der Waals surface area contributed by atoms with Crippen LogP contribution in [0.3, 0.4) is 0 Å². The maximum atomic E-state index is 12.6. The summed E-state index contributed by atoms with van der Waals surface area (Å²) in [5, 5.41) is 15.0. The minimum absolute atomic E-state index is 0.172. The molecule has 3 N–H and O–H groups in total. The van der Waals surface area contributed by atoms with Crippen LogP contribution in [-0.4, -0.2) is 48.2 Å². The van der Waals surface area contributed by atoms with Crippen molar-refractivity contribution in [3.8, 4) is 5.75 Å². The van der Waals surface area contributed by atoms with E-state index in [-0.39, 0.29) is 18.5 Å². The topological polar surface area (TPSA) is 90.9 Å². The quantitative estimate of drug-likeness (QED) is 0.755. The molecule has 23 heavy (non-hydrogen) atoms. The molecule has 2 heterocycles. The van der Waals surface area contributed by atoms with Gasteiger partial charge in [0.25, 0.3) is 5.91 Å². The van der Waals surface area contributed by atoms with Crippen molar-refractivity contribution < 1.29 is 19.4 Å². The van der Waals surface area contributed by atoms with E-state index >= 15 is 0 Å². The van der Waals surface area contributed by atoms with Crippen molar-refractivity contribution in [2.45, 2.75) is 19.1 Å². The number of hydrogen-bond acceptors (Lipinski definition) is 4. The van der Waals surface area contributed by atoms with Gasteiger partial charge < -0.3 is 25.4 Å². The lowest BCUT2D eigenvalue weighted by atomic mass is 9.96. The summed E-state index contributed by atoms with van der Waals surface area (Å²) in [7, 11) is 1.58. The van der Waals surface area contributed by atoms with Crippen LogP contribution in [0, 0.1) is 0 Å². The molecule has 0 saturated carbocycles. The molecular weight excluding hydrogens is 298 g/mol. The zero-order chi connectivity index (χ0) is 16.6. The molecule has 2 aliphatic heterocycles. The molecule has 0 aliphatic carbocycles. The second-order valence-corrected chi connectivity index (χ2v) is 5.73. The van der Waals surface area contributed by atoms with E-state index in [4.69, 9.17) is 4.74 Å². The molecule has 1 aromatic carbocycles. The van der Waals surface area contributed by atoms with Crippen LogP contribution < -0.4 is 15.4 Å². The first-order valence-electron chi connectivity index (χ1n) is 7.41. The van der Waals surface area contributed by atoms with E-state index in [0.717, 1.165) is 5.56 Å². The van der Waals surface area contributed by atoms with E-state index < -0.39 is 12.1 Å². The fourth-order valence-electron chi connectivity index (χ4n) is 2.94. The molecule has 7 nitrogen and oxygen atoms in total. The number of rotatable bonds is 4. The lowest BCUT2D eigenvalue weighted by molar-refractivity contribution is -0.126. The zero-order valence-corrected chi connectivity index (χ0v) is 13.0. The Morgan fingerprint density at radius 1 is 1.35 bits per heavy atom. The SMILES string of the molecule is COc1ccc([C@H]2NC(=O)NC3=C2C(=O)N(C[C@@H](C)O)C3)cc1. The Bertz CT molecular complexity index is 666. The molecular formula is C16H19N3O4. The highest BCUT2D eigenvalue weighted by Crippen LogP contribution is 2.33. The predicted octanol–water partition coefficient (Wildman–Crippen LogP) is 0.526. The third-order valence-corrected chi connectivity index (χ3v) is 3.95. The number of hydrogen-bond donors (Lipinski definition) is 3. The Hall–Kier alpha value is -2.54. The third kappa shape index (κ3) is 2.87. The number of carbonyl (C=O) groups excluding carboxylic acids is 2. The predicted molar refractivity (Wildman–Crippen MR) is 82.7 cm³/mol. The van der Waals surface area contributed by atoms with Gasteiger partial charge in [0, 0.05) is 6.54 Å². The molecule has 0 saturated heterocycles. The monoisotopic (exact) mass is 317 g/mol. The number of aliphatic hydroxyl groups is 1. The van der Waals surface area contributed by atoms with E-state index in [1.807, 2.05) is 12.1 Å². The smallest absolute Gasteiger partial charge is 0.319 e. The standard InChI is InChI=1S/C16H19N3O4/c1-9(20)7-19-8-12-13(15(19)21)14(18-16(22)17-12)10-3-5-11(23-2)6-4-10/h3-6,9,14,20H,7-8H2,1-2H3,(H2,17,18,22)/t9-,14-/m1/s1. The van der Waals surface area contributed by atoms with Gasteiger partial charge >= 0.3 is 6.03 Å². The first-order valence-corrected chi connectivity index (χ1v) is 7.41. The van der Waals surface area contributed by atoms with Crippen molar-refractivity contribution in [2.75, 3.05) is 20.2 Å². The fourth-order valence-corrected chi connectivity index (χ4v) is 2.94. The summed E-state index contributed by atoms with van der Waals surface area (Å²) in [6, 6.07) is 6.38. The molecule has 0 spiro atoms. The largest absolute Gasteiger partial charge is 0.497 e. The maximum Gasteiger partial charge on any atom is 0.319 e. The lowest BCUT2D eigenvalue weighted by Gasteiger charge is -2.25. The number of aliphatic hydroxyl groups excluding tert-OH is 1. The van der Waals surface area contributed by atoms with E-state index in [2.05, 4.69) is 10.6 Å². The summed E-state index contributed by atoms with van der Waals surface area (Å²) in [4.78, 5) is 26.1. The Kier molecular flexibility index (Phi) is 3.96. The Morgan fingerprint density at radius 3 is 2.65 bits per heavy atom. The molecule has 1 aromatic rings. The van der Waals surface area contributed by atoms with Gasteiger partial charge in [-0.25, -0.2) is 4.79 Å². The first kappa shape index (κ1) is 15.4. The minimum atomic E-state index is -0.622. The Labute approximate surface area is 133 Å². The molecule has 122 valence electrons. The molecule has 0 bridgehead atoms. The van der Waals surface area contributed by atoms with Gasteiger partial charge in [0.05, 0.1) is 37.1 Å². The van der Waals surface area contributed by atoms with Gasteiger partial charge in [0.15, 0.2) is 0 Å². The minimum Gasteiger partial charge on any atom is -0.497 e. The first-order chi connectivity index (χ1) is 11.0. The van der Waals surface area contributed by atoms with Crippen LogP contribution in [0.15, 0.2) is 35.5 Å². The van der Waals surface area contributed by atoms with Crippen molar-refractivity contribution in [1.82, 2.24) is 15.5 Å². The van der Waals surface area contributed by atoms with Crippen LogP contribution >= 0.6 is 0 Å². The van der Waals surface area contributed by atoms with Crippen molar-refractivity contribution >= 4 is 11.9 Å². The summed E-state index contributed by atoms with van der Waals surface area (Å²) in [6.07, 6.45) is -0.622. The van der Waals surface area contributed by atoms with Crippen LogP contribution in [0.5, 0.6) is 5.75 Å². The van der Waals surface area contributed by atoms with E-state index in [1.165, 1.54) is 0 Å². The average molecular weight is 317 g/mol. The molecule has 3 rings (SSSR count). The highest BCUT2D eigenvalue weighted by atomic mass is 16.5. The second-order valence-electron chi connectivity index (χ2n) is 5.73. The van der Waals surface area contributed by atoms with Gasteiger partial charge in [0.1, 0.15) is 5.75 Å². The molecule has 0 radical (unpaired) electrons. The van der Waals surface area contributed by atoms with Crippen LogP contribution in [0.25, 0.3) is 0 Å². The van der Waals surface area contributed by atoms with Gasteiger partial charge in [-0.3, -0.25) is 4.79 Å². The van der Waals surface area contributed by atoms with Gasteiger partial charge in [-0.15, -0.1) is 0 Å². The van der Waals surface area contributed by atoms with Gasteiger partial charge in [-0.1, -0.05) is 12.1 Å². The van der Waals surface area contributed by atoms with Crippen LogP contribution in [0.1, 0.15) is 18.5 Å². The van der Waals surface area contributed by atoms with Crippen molar-refractivity contribution in [3.63, 3.8) is 0 Å². The number of carbonyl (C=O) groups is 2. The summed E-state index contributed by atoms with van der Waals surface area (Å²) >= 11 is 0. The third-order valence-electron chi connectivity index (χ3n) is 3.95. The van der Waals surface area contributed by atoms with E-state index in [1.54, 1.807) is 31.1 Å². The second kappa shape index (κ2) is 5.92. The van der Waals surface area contributed by atoms with Crippen LogP contribution in [-0.2, 0) is 4.79 Å². The maximum absolute atomic E-state index is 12.6. The van der Waals surface area contributed by atoms with Crippen LogP contribution in [0.4, 0.5) is 4.79 Å². The average Bonchev–Trinajstić information content (AvgIpc) is 2.82. The van der Waals surface area contributed by atoms with Gasteiger partial charge in [-0.2, -0.15) is 0 Å². The molecule has 0 unspecified atom stereocenters. The van der Waals surface area contributed by atoms with Gasteiger partial charge in [0.2, 0.25) is 0 Å². The van der Waals surface area contributed by atoms with Gasteiger partial charge in [-0.05, 0) is 24.6 Å². The number of nitrogens with one attached hydrogen (secondary N) is 2. The molecule has 0 aromatic heterocycles. The Morgan fingerprint density at radius 2 is 2.04 bits per heavy atom. The number of ether oxygens (including phenoxy) is 1. The van der Waals surface area contributed by atoms with Crippen LogP contribution in [0.2, 0.25) is 0 Å².